The second kappa shape index (κ2) is 4.97. The Morgan fingerprint density at radius 3 is 2.76 bits per heavy atom. The van der Waals surface area contributed by atoms with Crippen molar-refractivity contribution >= 4 is 0 Å². The Morgan fingerprint density at radius 1 is 1.35 bits per heavy atom. The predicted octanol–water partition coefficient (Wildman–Crippen LogP) is 1.90. The van der Waals surface area contributed by atoms with Crippen LogP contribution in [0.25, 0.3) is 11.5 Å². The van der Waals surface area contributed by atoms with Crippen molar-refractivity contribution < 1.29 is 9.15 Å². The molecule has 5 heteroatoms. The highest BCUT2D eigenvalue weighted by atomic mass is 16.5. The minimum atomic E-state index is 0.253. The molecular formula is C12H15N3O2. The van der Waals surface area contributed by atoms with E-state index in [1.807, 2.05) is 32.0 Å². The van der Waals surface area contributed by atoms with Gasteiger partial charge in [0.05, 0.1) is 13.2 Å². The topological polar surface area (TPSA) is 74.2 Å². The third-order valence-corrected chi connectivity index (χ3v) is 2.36. The molecule has 0 aliphatic rings. The third-order valence-electron chi connectivity index (χ3n) is 2.36. The van der Waals surface area contributed by atoms with Gasteiger partial charge in [-0.25, -0.2) is 0 Å². The number of benzene rings is 1. The fraction of sp³-hybridized carbons (Fsp3) is 0.333. The maximum absolute atomic E-state index is 5.47. The van der Waals surface area contributed by atoms with Gasteiger partial charge in [0.25, 0.3) is 0 Å². The predicted molar refractivity (Wildman–Crippen MR) is 63.5 cm³/mol. The number of rotatable bonds is 4. The Balaban J connectivity index is 2.30. The van der Waals surface area contributed by atoms with Crippen LogP contribution in [0.1, 0.15) is 18.4 Å². The third kappa shape index (κ3) is 2.45. The van der Waals surface area contributed by atoms with Crippen LogP contribution < -0.4 is 10.5 Å². The van der Waals surface area contributed by atoms with Crippen molar-refractivity contribution in [1.82, 2.24) is 10.2 Å². The van der Waals surface area contributed by atoms with Crippen molar-refractivity contribution in [3.8, 4) is 17.2 Å². The van der Waals surface area contributed by atoms with Crippen LogP contribution in [0.2, 0.25) is 0 Å². The van der Waals surface area contributed by atoms with E-state index in [2.05, 4.69) is 10.2 Å². The summed E-state index contributed by atoms with van der Waals surface area (Å²) in [6.45, 7) is 4.84. The molecule has 0 amide bonds. The summed E-state index contributed by atoms with van der Waals surface area (Å²) in [6.07, 6.45) is 0. The largest absolute Gasteiger partial charge is 0.494 e. The van der Waals surface area contributed by atoms with Crippen molar-refractivity contribution in [2.75, 3.05) is 6.61 Å². The number of ether oxygens (including phenoxy) is 1. The summed E-state index contributed by atoms with van der Waals surface area (Å²) >= 11 is 0. The maximum atomic E-state index is 5.47. The molecule has 2 rings (SSSR count). The molecule has 0 radical (unpaired) electrons. The Hall–Kier alpha value is -1.88. The summed E-state index contributed by atoms with van der Waals surface area (Å²) in [4.78, 5) is 0. The number of nitrogens with two attached hydrogens (primary N) is 1. The molecule has 2 aromatic rings. The number of hydrogen-bond donors (Lipinski definition) is 1. The fourth-order valence-corrected chi connectivity index (χ4v) is 1.55. The van der Waals surface area contributed by atoms with E-state index in [9.17, 15) is 0 Å². The number of aromatic nitrogens is 2. The van der Waals surface area contributed by atoms with Gasteiger partial charge in [-0.2, -0.15) is 0 Å². The minimum Gasteiger partial charge on any atom is -0.494 e. The lowest BCUT2D eigenvalue weighted by molar-refractivity contribution is 0.338. The molecule has 0 bridgehead atoms. The first-order chi connectivity index (χ1) is 8.24. The zero-order chi connectivity index (χ0) is 12.3. The summed E-state index contributed by atoms with van der Waals surface area (Å²) in [7, 11) is 0. The van der Waals surface area contributed by atoms with Gasteiger partial charge in [-0.3, -0.25) is 0 Å². The number of aryl methyl sites for hydroxylation is 1. The van der Waals surface area contributed by atoms with Gasteiger partial charge in [-0.1, -0.05) is 0 Å². The quantitative estimate of drug-likeness (QED) is 0.873. The van der Waals surface area contributed by atoms with E-state index in [0.29, 0.717) is 18.4 Å². The highest BCUT2D eigenvalue weighted by Crippen LogP contribution is 2.25. The Kier molecular flexibility index (Phi) is 3.39. The molecule has 0 spiro atoms. The van der Waals surface area contributed by atoms with Gasteiger partial charge in [-0.15, -0.1) is 10.2 Å². The van der Waals surface area contributed by atoms with Gasteiger partial charge < -0.3 is 14.9 Å². The van der Waals surface area contributed by atoms with Gasteiger partial charge in [0.2, 0.25) is 11.8 Å². The molecule has 2 N–H and O–H groups in total. The van der Waals surface area contributed by atoms with E-state index >= 15 is 0 Å². The second-order valence-electron chi connectivity index (χ2n) is 3.62. The van der Waals surface area contributed by atoms with Crippen LogP contribution in [0.15, 0.2) is 22.6 Å². The smallest absolute Gasteiger partial charge is 0.247 e. The SMILES string of the molecule is CCOc1ccc(-c2nnc(CN)o2)cc1C. The molecule has 0 aliphatic carbocycles. The van der Waals surface area contributed by atoms with Crippen LogP contribution >= 0.6 is 0 Å². The van der Waals surface area contributed by atoms with E-state index in [-0.39, 0.29) is 6.54 Å². The van der Waals surface area contributed by atoms with Gasteiger partial charge in [-0.05, 0) is 37.6 Å². The molecule has 0 aliphatic heterocycles. The monoisotopic (exact) mass is 233 g/mol. The highest BCUT2D eigenvalue weighted by molar-refractivity contribution is 5.56. The molecule has 1 heterocycles. The first-order valence-corrected chi connectivity index (χ1v) is 5.51. The van der Waals surface area contributed by atoms with Gasteiger partial charge in [0, 0.05) is 5.56 Å². The number of hydrogen-bond acceptors (Lipinski definition) is 5. The van der Waals surface area contributed by atoms with E-state index in [4.69, 9.17) is 14.9 Å². The average Bonchev–Trinajstić information content (AvgIpc) is 2.80. The van der Waals surface area contributed by atoms with Crippen LogP contribution in [0.4, 0.5) is 0 Å². The summed E-state index contributed by atoms with van der Waals surface area (Å²) in [5, 5.41) is 7.76. The maximum Gasteiger partial charge on any atom is 0.247 e. The van der Waals surface area contributed by atoms with Crippen molar-refractivity contribution in [3.05, 3.63) is 29.7 Å². The molecule has 0 saturated carbocycles. The molecule has 5 nitrogen and oxygen atoms in total. The van der Waals surface area contributed by atoms with Crippen molar-refractivity contribution in [1.29, 1.82) is 0 Å². The molecule has 0 fully saturated rings. The van der Waals surface area contributed by atoms with Gasteiger partial charge in [0.1, 0.15) is 5.75 Å². The Bertz CT molecular complexity index is 508. The molecule has 0 atom stereocenters. The van der Waals surface area contributed by atoms with Gasteiger partial charge in [0.15, 0.2) is 0 Å². The van der Waals surface area contributed by atoms with E-state index in [1.54, 1.807) is 0 Å². The van der Waals surface area contributed by atoms with E-state index in [0.717, 1.165) is 16.9 Å². The summed E-state index contributed by atoms with van der Waals surface area (Å²) < 4.78 is 10.9. The normalized spacial score (nSPS) is 10.5. The van der Waals surface area contributed by atoms with Gasteiger partial charge >= 0.3 is 0 Å². The lowest BCUT2D eigenvalue weighted by Gasteiger charge is -2.07. The highest BCUT2D eigenvalue weighted by Gasteiger charge is 2.09. The molecule has 17 heavy (non-hydrogen) atoms. The minimum absolute atomic E-state index is 0.253. The molecule has 90 valence electrons. The fourth-order valence-electron chi connectivity index (χ4n) is 1.55. The van der Waals surface area contributed by atoms with Crippen LogP contribution in [-0.4, -0.2) is 16.8 Å². The van der Waals surface area contributed by atoms with Crippen LogP contribution in [0.3, 0.4) is 0 Å². The summed E-state index contributed by atoms with van der Waals surface area (Å²) in [6, 6.07) is 5.76. The summed E-state index contributed by atoms with van der Waals surface area (Å²) in [5.74, 6) is 1.79. The van der Waals surface area contributed by atoms with Crippen molar-refractivity contribution in [2.24, 2.45) is 5.73 Å². The van der Waals surface area contributed by atoms with Crippen LogP contribution in [0, 0.1) is 6.92 Å². The van der Waals surface area contributed by atoms with Crippen LogP contribution in [-0.2, 0) is 6.54 Å². The summed E-state index contributed by atoms with van der Waals surface area (Å²) in [5.41, 5.74) is 7.33. The molecule has 1 aromatic heterocycles. The van der Waals surface area contributed by atoms with E-state index < -0.39 is 0 Å². The number of nitrogens with zero attached hydrogens (tertiary/aromatic N) is 2. The van der Waals surface area contributed by atoms with Crippen molar-refractivity contribution in [2.45, 2.75) is 20.4 Å². The van der Waals surface area contributed by atoms with Crippen LogP contribution in [0.5, 0.6) is 5.75 Å². The first kappa shape index (κ1) is 11.6. The van der Waals surface area contributed by atoms with Crippen molar-refractivity contribution in [3.63, 3.8) is 0 Å². The Morgan fingerprint density at radius 2 is 2.18 bits per heavy atom. The zero-order valence-corrected chi connectivity index (χ0v) is 9.93. The zero-order valence-electron chi connectivity index (χ0n) is 9.93. The average molecular weight is 233 g/mol. The lowest BCUT2D eigenvalue weighted by atomic mass is 10.1. The Labute approximate surface area is 99.6 Å². The first-order valence-electron chi connectivity index (χ1n) is 5.51. The standard InChI is InChI=1S/C12H15N3O2/c1-3-16-10-5-4-9(6-8(10)2)12-15-14-11(7-13)17-12/h4-6H,3,7,13H2,1-2H3. The lowest BCUT2D eigenvalue weighted by Crippen LogP contribution is -1.95. The van der Waals surface area contributed by atoms with E-state index in [1.165, 1.54) is 0 Å². The molecular weight excluding hydrogens is 218 g/mol. The molecule has 0 unspecified atom stereocenters. The molecule has 0 saturated heterocycles. The molecule has 1 aromatic carbocycles. The second-order valence-corrected chi connectivity index (χ2v) is 3.62.